The first-order valence-corrected chi connectivity index (χ1v) is 7.57. The third-order valence-electron chi connectivity index (χ3n) is 4.16. The largest absolute Gasteiger partial charge is 0.385 e. The lowest BCUT2D eigenvalue weighted by atomic mass is 9.92. The molecule has 0 heterocycles. The average Bonchev–Trinajstić information content (AvgIpc) is 2.71. The predicted octanol–water partition coefficient (Wildman–Crippen LogP) is 3.74. The SMILES string of the molecule is CCNc1ccc(C(=O)NC2CCC(C)(C)C2)cc1C. The van der Waals surface area contributed by atoms with Crippen LogP contribution in [0, 0.1) is 12.3 Å². The molecule has 1 fully saturated rings. The smallest absolute Gasteiger partial charge is 0.251 e. The zero-order valence-electron chi connectivity index (χ0n) is 13.0. The number of amides is 1. The van der Waals surface area contributed by atoms with Crippen LogP contribution < -0.4 is 10.6 Å². The van der Waals surface area contributed by atoms with Gasteiger partial charge in [0.15, 0.2) is 0 Å². The molecule has 1 saturated carbocycles. The molecule has 2 N–H and O–H groups in total. The summed E-state index contributed by atoms with van der Waals surface area (Å²) in [6, 6.07) is 6.19. The minimum Gasteiger partial charge on any atom is -0.385 e. The van der Waals surface area contributed by atoms with Gasteiger partial charge in [0.05, 0.1) is 0 Å². The molecule has 20 heavy (non-hydrogen) atoms. The Morgan fingerprint density at radius 3 is 2.70 bits per heavy atom. The molecule has 0 saturated heterocycles. The molecular weight excluding hydrogens is 248 g/mol. The van der Waals surface area contributed by atoms with E-state index in [-0.39, 0.29) is 5.91 Å². The molecule has 0 bridgehead atoms. The highest BCUT2D eigenvalue weighted by atomic mass is 16.1. The number of anilines is 1. The van der Waals surface area contributed by atoms with Crippen molar-refractivity contribution in [2.75, 3.05) is 11.9 Å². The molecule has 2 rings (SSSR count). The van der Waals surface area contributed by atoms with E-state index in [0.29, 0.717) is 11.5 Å². The normalized spacial score (nSPS) is 20.7. The first-order valence-electron chi connectivity index (χ1n) is 7.57. The highest BCUT2D eigenvalue weighted by Crippen LogP contribution is 2.37. The minimum atomic E-state index is 0.0545. The van der Waals surface area contributed by atoms with Crippen LogP contribution in [0.4, 0.5) is 5.69 Å². The molecule has 0 aliphatic heterocycles. The maximum absolute atomic E-state index is 12.3. The fourth-order valence-corrected chi connectivity index (χ4v) is 3.02. The number of carbonyl (C=O) groups excluding carboxylic acids is 1. The standard InChI is InChI=1S/C17H26N2O/c1-5-18-15-7-6-13(10-12(15)2)16(20)19-14-8-9-17(3,4)11-14/h6-7,10,14,18H,5,8-9,11H2,1-4H3,(H,19,20). The second-order valence-electron chi connectivity index (χ2n) is 6.64. The zero-order chi connectivity index (χ0) is 14.8. The number of rotatable bonds is 4. The Labute approximate surface area is 122 Å². The molecular formula is C17H26N2O. The van der Waals surface area contributed by atoms with Crippen LogP contribution in [0.15, 0.2) is 18.2 Å². The second-order valence-corrected chi connectivity index (χ2v) is 6.64. The average molecular weight is 274 g/mol. The molecule has 1 aliphatic carbocycles. The van der Waals surface area contributed by atoms with Crippen molar-refractivity contribution in [3.8, 4) is 0 Å². The lowest BCUT2D eigenvalue weighted by molar-refractivity contribution is 0.0936. The summed E-state index contributed by atoms with van der Waals surface area (Å²) in [4.78, 5) is 12.3. The van der Waals surface area contributed by atoms with Crippen LogP contribution in [-0.2, 0) is 0 Å². The molecule has 0 radical (unpaired) electrons. The molecule has 3 nitrogen and oxygen atoms in total. The van der Waals surface area contributed by atoms with E-state index in [9.17, 15) is 4.79 Å². The van der Waals surface area contributed by atoms with Gasteiger partial charge in [-0.3, -0.25) is 4.79 Å². The van der Waals surface area contributed by atoms with Gasteiger partial charge in [-0.15, -0.1) is 0 Å². The second kappa shape index (κ2) is 5.86. The van der Waals surface area contributed by atoms with Gasteiger partial charge in [0.2, 0.25) is 0 Å². The number of nitrogens with one attached hydrogen (secondary N) is 2. The lowest BCUT2D eigenvalue weighted by Crippen LogP contribution is -2.33. The van der Waals surface area contributed by atoms with E-state index in [4.69, 9.17) is 0 Å². The first kappa shape index (κ1) is 14.9. The Balaban J connectivity index is 2.01. The molecule has 1 atom stereocenters. The van der Waals surface area contributed by atoms with Gasteiger partial charge in [0.25, 0.3) is 5.91 Å². The predicted molar refractivity (Wildman–Crippen MR) is 84.2 cm³/mol. The molecule has 0 spiro atoms. The topological polar surface area (TPSA) is 41.1 Å². The highest BCUT2D eigenvalue weighted by Gasteiger charge is 2.31. The van der Waals surface area contributed by atoms with Crippen LogP contribution in [0.2, 0.25) is 0 Å². The van der Waals surface area contributed by atoms with Crippen molar-refractivity contribution >= 4 is 11.6 Å². The Kier molecular flexibility index (Phi) is 4.36. The van der Waals surface area contributed by atoms with Crippen molar-refractivity contribution in [2.24, 2.45) is 5.41 Å². The summed E-state index contributed by atoms with van der Waals surface area (Å²) in [6.07, 6.45) is 3.36. The number of hydrogen-bond donors (Lipinski definition) is 2. The van der Waals surface area contributed by atoms with E-state index < -0.39 is 0 Å². The van der Waals surface area contributed by atoms with Gasteiger partial charge in [-0.25, -0.2) is 0 Å². The monoisotopic (exact) mass is 274 g/mol. The van der Waals surface area contributed by atoms with E-state index in [1.807, 2.05) is 25.1 Å². The van der Waals surface area contributed by atoms with E-state index in [2.05, 4.69) is 31.4 Å². The van der Waals surface area contributed by atoms with Gasteiger partial charge >= 0.3 is 0 Å². The van der Waals surface area contributed by atoms with Crippen molar-refractivity contribution in [3.05, 3.63) is 29.3 Å². The summed E-state index contributed by atoms with van der Waals surface area (Å²) in [5.41, 5.74) is 3.34. The van der Waals surface area contributed by atoms with E-state index in [1.165, 1.54) is 6.42 Å². The summed E-state index contributed by atoms with van der Waals surface area (Å²) in [5, 5.41) is 6.46. The first-order chi connectivity index (χ1) is 9.41. The van der Waals surface area contributed by atoms with E-state index >= 15 is 0 Å². The fraction of sp³-hybridized carbons (Fsp3) is 0.588. The zero-order valence-corrected chi connectivity index (χ0v) is 13.0. The van der Waals surface area contributed by atoms with Crippen molar-refractivity contribution in [3.63, 3.8) is 0 Å². The molecule has 1 aromatic carbocycles. The van der Waals surface area contributed by atoms with Crippen LogP contribution in [0.5, 0.6) is 0 Å². The quantitative estimate of drug-likeness (QED) is 0.878. The van der Waals surface area contributed by atoms with Crippen LogP contribution in [0.25, 0.3) is 0 Å². The maximum Gasteiger partial charge on any atom is 0.251 e. The van der Waals surface area contributed by atoms with Crippen molar-refractivity contribution < 1.29 is 4.79 Å². The highest BCUT2D eigenvalue weighted by molar-refractivity contribution is 5.95. The fourth-order valence-electron chi connectivity index (χ4n) is 3.02. The summed E-state index contributed by atoms with van der Waals surface area (Å²) in [5.74, 6) is 0.0545. The Morgan fingerprint density at radius 2 is 2.15 bits per heavy atom. The Morgan fingerprint density at radius 1 is 1.40 bits per heavy atom. The van der Waals surface area contributed by atoms with Crippen molar-refractivity contribution in [1.29, 1.82) is 0 Å². The van der Waals surface area contributed by atoms with Gasteiger partial charge < -0.3 is 10.6 Å². The van der Waals surface area contributed by atoms with E-state index in [1.54, 1.807) is 0 Å². The van der Waals surface area contributed by atoms with Crippen LogP contribution in [-0.4, -0.2) is 18.5 Å². The van der Waals surface area contributed by atoms with Crippen LogP contribution in [0.1, 0.15) is 56.0 Å². The third-order valence-corrected chi connectivity index (χ3v) is 4.16. The van der Waals surface area contributed by atoms with Crippen molar-refractivity contribution in [1.82, 2.24) is 5.32 Å². The van der Waals surface area contributed by atoms with Gasteiger partial charge in [-0.05, 0) is 62.3 Å². The van der Waals surface area contributed by atoms with Gasteiger partial charge in [0.1, 0.15) is 0 Å². The summed E-state index contributed by atoms with van der Waals surface area (Å²) in [7, 11) is 0. The molecule has 110 valence electrons. The van der Waals surface area contributed by atoms with Crippen LogP contribution in [0.3, 0.4) is 0 Å². The molecule has 1 amide bonds. The van der Waals surface area contributed by atoms with E-state index in [0.717, 1.165) is 36.2 Å². The minimum absolute atomic E-state index is 0.0545. The Bertz CT molecular complexity index is 494. The molecule has 1 unspecified atom stereocenters. The summed E-state index contributed by atoms with van der Waals surface area (Å²) >= 11 is 0. The van der Waals surface area contributed by atoms with Crippen LogP contribution >= 0.6 is 0 Å². The number of hydrogen-bond acceptors (Lipinski definition) is 2. The number of aryl methyl sites for hydroxylation is 1. The molecule has 3 heteroatoms. The van der Waals surface area contributed by atoms with Crippen molar-refractivity contribution in [2.45, 2.75) is 53.0 Å². The molecule has 1 aromatic rings. The maximum atomic E-state index is 12.3. The van der Waals surface area contributed by atoms with Gasteiger partial charge in [-0.1, -0.05) is 13.8 Å². The van der Waals surface area contributed by atoms with Gasteiger partial charge in [0, 0.05) is 23.8 Å². The number of benzene rings is 1. The Hall–Kier alpha value is -1.51. The van der Waals surface area contributed by atoms with Gasteiger partial charge in [-0.2, -0.15) is 0 Å². The summed E-state index contributed by atoms with van der Waals surface area (Å²) in [6.45, 7) is 9.54. The molecule has 0 aromatic heterocycles. The molecule has 1 aliphatic rings. The summed E-state index contributed by atoms with van der Waals surface area (Å²) < 4.78 is 0. The lowest BCUT2D eigenvalue weighted by Gasteiger charge is -2.18. The third kappa shape index (κ3) is 3.53. The number of carbonyl (C=O) groups is 1.